The van der Waals surface area contributed by atoms with Gasteiger partial charge >= 0.3 is 0 Å². The Labute approximate surface area is 160 Å². The van der Waals surface area contributed by atoms with Gasteiger partial charge in [0, 0.05) is 27.3 Å². The molecule has 0 saturated carbocycles. The van der Waals surface area contributed by atoms with Gasteiger partial charge in [-0.05, 0) is 36.4 Å². The van der Waals surface area contributed by atoms with Crippen molar-refractivity contribution in [3.8, 4) is 5.75 Å². The van der Waals surface area contributed by atoms with Gasteiger partial charge in [0.2, 0.25) is 0 Å². The topological polar surface area (TPSA) is 53.3 Å². The van der Waals surface area contributed by atoms with E-state index in [2.05, 4.69) is 42.5 Å². The Kier molecular flexibility index (Phi) is 2.46. The van der Waals surface area contributed by atoms with Gasteiger partial charge in [-0.3, -0.25) is 4.68 Å². The van der Waals surface area contributed by atoms with Crippen molar-refractivity contribution in [3.63, 3.8) is 0 Å². The van der Waals surface area contributed by atoms with Crippen molar-refractivity contribution in [2.45, 2.75) is 12.0 Å². The Morgan fingerprint density at radius 1 is 0.857 bits per heavy atom. The van der Waals surface area contributed by atoms with Crippen LogP contribution >= 0.6 is 0 Å². The molecule has 2 aliphatic rings. The van der Waals surface area contributed by atoms with Gasteiger partial charge in [-0.25, -0.2) is 0 Å². The molecule has 3 heterocycles. The molecule has 134 valence electrons. The van der Waals surface area contributed by atoms with Gasteiger partial charge in [0.15, 0.2) is 0 Å². The number of nitrogens with zero attached hydrogens (tertiary/aromatic N) is 1. The summed E-state index contributed by atoms with van der Waals surface area (Å²) in [7, 11) is 0. The predicted molar refractivity (Wildman–Crippen MR) is 111 cm³/mol. The lowest BCUT2D eigenvalue weighted by molar-refractivity contribution is 0.266. The van der Waals surface area contributed by atoms with Crippen molar-refractivity contribution in [1.82, 2.24) is 4.68 Å². The summed E-state index contributed by atoms with van der Waals surface area (Å²) in [6.45, 7) is 0. The molecule has 1 aliphatic carbocycles. The minimum atomic E-state index is -0.00724. The van der Waals surface area contributed by atoms with E-state index < -0.39 is 0 Å². The van der Waals surface area contributed by atoms with E-state index >= 15 is 0 Å². The summed E-state index contributed by atoms with van der Waals surface area (Å²) in [5.74, 6) is 8.44. The summed E-state index contributed by atoms with van der Waals surface area (Å²) in [5, 5.41) is 3.44. The molecule has 4 heteroatoms. The van der Waals surface area contributed by atoms with Gasteiger partial charge in [0.05, 0.1) is 17.0 Å². The van der Waals surface area contributed by atoms with Crippen molar-refractivity contribution < 1.29 is 9.15 Å². The molecule has 0 fully saturated rings. The third-order valence-electron chi connectivity index (χ3n) is 6.19. The van der Waals surface area contributed by atoms with Crippen molar-refractivity contribution in [3.05, 3.63) is 83.6 Å². The standard InChI is InChI=1S/C24H16N2O2/c25-26-15-7-3-1-5-13(15)21-16(26)9-10-19-23(21)24-20(28-19)12-11-18-22(24)14-6-2-4-8-17(14)27-18/h1-12,18,22H,25H2. The number of fused-ring (bicyclic) bond motifs is 11. The van der Waals surface area contributed by atoms with Gasteiger partial charge in [0.1, 0.15) is 23.2 Å². The summed E-state index contributed by atoms with van der Waals surface area (Å²) in [5.41, 5.74) is 5.34. The fourth-order valence-corrected chi connectivity index (χ4v) is 5.04. The number of rotatable bonds is 0. The van der Waals surface area contributed by atoms with Crippen molar-refractivity contribution >= 4 is 38.9 Å². The molecule has 1 aliphatic heterocycles. The highest BCUT2D eigenvalue weighted by Gasteiger charge is 2.40. The molecule has 2 aromatic heterocycles. The van der Waals surface area contributed by atoms with Crippen LogP contribution in [-0.2, 0) is 0 Å². The van der Waals surface area contributed by atoms with Gasteiger partial charge < -0.3 is 15.0 Å². The number of furan rings is 1. The van der Waals surface area contributed by atoms with Crippen molar-refractivity contribution in [2.24, 2.45) is 0 Å². The Bertz CT molecular complexity index is 1470. The molecule has 0 spiro atoms. The molecule has 2 atom stereocenters. The Morgan fingerprint density at radius 2 is 1.71 bits per heavy atom. The second kappa shape index (κ2) is 4.78. The van der Waals surface area contributed by atoms with Crippen LogP contribution in [0.25, 0.3) is 38.9 Å². The van der Waals surface area contributed by atoms with E-state index in [1.54, 1.807) is 4.68 Å². The number of hydrogen-bond acceptors (Lipinski definition) is 3. The van der Waals surface area contributed by atoms with Crippen LogP contribution in [0.5, 0.6) is 5.75 Å². The van der Waals surface area contributed by atoms with Gasteiger partial charge in [-0.15, -0.1) is 0 Å². The van der Waals surface area contributed by atoms with Crippen molar-refractivity contribution in [1.29, 1.82) is 0 Å². The number of nitrogens with two attached hydrogens (primary N) is 1. The Hall–Kier alpha value is -3.66. The lowest BCUT2D eigenvalue weighted by atomic mass is 9.82. The minimum Gasteiger partial charge on any atom is -0.485 e. The number of nitrogen functional groups attached to an aromatic ring is 1. The molecule has 3 aromatic carbocycles. The number of hydrogen-bond donors (Lipinski definition) is 1. The number of para-hydroxylation sites is 2. The minimum absolute atomic E-state index is 0.00724. The summed E-state index contributed by atoms with van der Waals surface area (Å²) >= 11 is 0. The normalized spacial score (nSPS) is 19.7. The third kappa shape index (κ3) is 1.58. The first-order chi connectivity index (χ1) is 13.8. The monoisotopic (exact) mass is 364 g/mol. The van der Waals surface area contributed by atoms with Crippen molar-refractivity contribution in [2.75, 3.05) is 5.84 Å². The SMILES string of the molecule is Nn1c2ccccc2c2c3c4c(oc3ccc21)C=CC1Oc2ccccc2C41. The quantitative estimate of drug-likeness (QED) is 0.386. The van der Waals surface area contributed by atoms with E-state index in [-0.39, 0.29) is 12.0 Å². The molecule has 2 N–H and O–H groups in total. The van der Waals surface area contributed by atoms with E-state index in [0.29, 0.717) is 0 Å². The molecule has 0 amide bonds. The maximum absolute atomic E-state index is 6.44. The molecule has 0 saturated heterocycles. The molecule has 4 nitrogen and oxygen atoms in total. The maximum atomic E-state index is 6.44. The molecule has 5 aromatic rings. The molecular weight excluding hydrogens is 348 g/mol. The molecular formula is C24H16N2O2. The van der Waals surface area contributed by atoms with E-state index in [1.165, 1.54) is 11.1 Å². The Morgan fingerprint density at radius 3 is 2.68 bits per heavy atom. The molecule has 28 heavy (non-hydrogen) atoms. The van der Waals surface area contributed by atoms with Crippen LogP contribution in [0.4, 0.5) is 0 Å². The highest BCUT2D eigenvalue weighted by Crippen LogP contribution is 2.51. The summed E-state index contributed by atoms with van der Waals surface area (Å²) in [6, 6.07) is 20.7. The first-order valence-corrected chi connectivity index (χ1v) is 9.48. The first-order valence-electron chi connectivity index (χ1n) is 9.48. The number of aromatic nitrogens is 1. The third-order valence-corrected chi connectivity index (χ3v) is 6.19. The Balaban J connectivity index is 1.68. The summed E-state index contributed by atoms with van der Waals surface area (Å²) in [6.07, 6.45) is 4.15. The van der Waals surface area contributed by atoms with Crippen LogP contribution in [0.2, 0.25) is 0 Å². The lowest BCUT2D eigenvalue weighted by Crippen LogP contribution is -2.19. The highest BCUT2D eigenvalue weighted by molar-refractivity contribution is 6.21. The van der Waals surface area contributed by atoms with Crippen LogP contribution in [0.3, 0.4) is 0 Å². The van der Waals surface area contributed by atoms with Gasteiger partial charge in [-0.2, -0.15) is 0 Å². The zero-order valence-electron chi connectivity index (χ0n) is 14.9. The van der Waals surface area contributed by atoms with Crippen LogP contribution < -0.4 is 10.6 Å². The predicted octanol–water partition coefficient (Wildman–Crippen LogP) is 5.17. The van der Waals surface area contributed by atoms with E-state index in [4.69, 9.17) is 15.0 Å². The summed E-state index contributed by atoms with van der Waals surface area (Å²) < 4.78 is 14.3. The van der Waals surface area contributed by atoms with Crippen LogP contribution in [0.1, 0.15) is 22.8 Å². The second-order valence-corrected chi connectivity index (χ2v) is 7.56. The fourth-order valence-electron chi connectivity index (χ4n) is 5.04. The number of ether oxygens (including phenoxy) is 1. The largest absolute Gasteiger partial charge is 0.485 e. The second-order valence-electron chi connectivity index (χ2n) is 7.56. The van der Waals surface area contributed by atoms with Gasteiger partial charge in [-0.1, -0.05) is 36.4 Å². The fraction of sp³-hybridized carbons (Fsp3) is 0.0833. The summed E-state index contributed by atoms with van der Waals surface area (Å²) in [4.78, 5) is 0. The smallest absolute Gasteiger partial charge is 0.135 e. The van der Waals surface area contributed by atoms with Crippen LogP contribution in [0.15, 0.2) is 71.2 Å². The van der Waals surface area contributed by atoms with E-state index in [0.717, 1.165) is 44.3 Å². The van der Waals surface area contributed by atoms with E-state index in [9.17, 15) is 0 Å². The zero-order valence-corrected chi connectivity index (χ0v) is 14.9. The zero-order chi connectivity index (χ0) is 18.4. The number of benzene rings is 3. The average molecular weight is 364 g/mol. The van der Waals surface area contributed by atoms with E-state index in [1.807, 2.05) is 30.3 Å². The van der Waals surface area contributed by atoms with Crippen LogP contribution in [0, 0.1) is 0 Å². The highest BCUT2D eigenvalue weighted by atomic mass is 16.5. The molecule has 7 rings (SSSR count). The van der Waals surface area contributed by atoms with Gasteiger partial charge in [0.25, 0.3) is 0 Å². The average Bonchev–Trinajstić information content (AvgIpc) is 3.37. The molecule has 0 radical (unpaired) electrons. The maximum Gasteiger partial charge on any atom is 0.135 e. The lowest BCUT2D eigenvalue weighted by Gasteiger charge is -2.20. The molecule has 2 unspecified atom stereocenters. The van der Waals surface area contributed by atoms with Crippen LogP contribution in [-0.4, -0.2) is 10.8 Å². The first kappa shape index (κ1) is 14.4. The molecule has 0 bridgehead atoms.